The Balaban J connectivity index is 0.000000339. The van der Waals surface area contributed by atoms with Crippen LogP contribution in [-0.2, 0) is 0 Å². The van der Waals surface area contributed by atoms with Crippen molar-refractivity contribution < 1.29 is 25.2 Å². The van der Waals surface area contributed by atoms with Gasteiger partial charge in [0.05, 0.1) is 0 Å². The average molecular weight is 470 g/mol. The van der Waals surface area contributed by atoms with Gasteiger partial charge in [0, 0.05) is 23.3 Å². The standard InChI is InChI=1S/C23H17S.F6P/c1-4-10-18(11-5-1)21-16-22(19-12-6-2-7-13-19)24-23(17-21)20-14-8-3-9-15-20;1-7(2,3,4,5)6/h1-17H;/q+1;-1. The van der Waals surface area contributed by atoms with E-state index in [0.717, 1.165) is 0 Å². The summed E-state index contributed by atoms with van der Waals surface area (Å²) in [5, 5.41) is 0. The molecule has 0 aliphatic carbocycles. The molecule has 162 valence electrons. The molecule has 1 aromatic heterocycles. The van der Waals surface area contributed by atoms with Gasteiger partial charge in [-0.05, 0) is 35.4 Å². The summed E-state index contributed by atoms with van der Waals surface area (Å²) < 4.78 is 59.2. The molecule has 0 saturated heterocycles. The van der Waals surface area contributed by atoms with Crippen molar-refractivity contribution in [3.63, 3.8) is 0 Å². The third kappa shape index (κ3) is 8.48. The van der Waals surface area contributed by atoms with Crippen molar-refractivity contribution in [3.8, 4) is 32.0 Å². The third-order valence-corrected chi connectivity index (χ3v) is 5.16. The second kappa shape index (κ2) is 8.06. The molecule has 1 heterocycles. The minimum atomic E-state index is -10.7. The molecule has 3 aromatic carbocycles. The van der Waals surface area contributed by atoms with Gasteiger partial charge >= 0.3 is 33.0 Å². The largest absolute Gasteiger partial charge is 0.239 e. The van der Waals surface area contributed by atoms with Crippen LogP contribution in [-0.4, -0.2) is 0 Å². The zero-order valence-electron chi connectivity index (χ0n) is 15.9. The minimum Gasteiger partial charge on any atom is -0.0622 e. The first kappa shape index (κ1) is 22.9. The molecule has 0 atom stereocenters. The molecule has 4 rings (SSSR count). The molecule has 0 amide bonds. The van der Waals surface area contributed by atoms with Crippen molar-refractivity contribution in [2.75, 3.05) is 0 Å². The molecule has 0 radical (unpaired) electrons. The van der Waals surface area contributed by atoms with E-state index in [1.807, 2.05) is 11.3 Å². The Bertz CT molecular complexity index is 996. The molecule has 0 aliphatic heterocycles. The van der Waals surface area contributed by atoms with Crippen LogP contribution in [0.1, 0.15) is 0 Å². The Morgan fingerprint density at radius 3 is 1.03 bits per heavy atom. The van der Waals surface area contributed by atoms with Crippen LogP contribution >= 0.6 is 19.1 Å². The first-order valence-electron chi connectivity index (χ1n) is 9.06. The van der Waals surface area contributed by atoms with Gasteiger partial charge in [-0.1, -0.05) is 66.7 Å². The van der Waals surface area contributed by atoms with Gasteiger partial charge in [-0.15, -0.1) is 0 Å². The monoisotopic (exact) mass is 470 g/mol. The van der Waals surface area contributed by atoms with E-state index in [0.29, 0.717) is 0 Å². The molecule has 0 saturated carbocycles. The summed E-state index contributed by atoms with van der Waals surface area (Å²) in [6.45, 7) is 0. The Morgan fingerprint density at radius 1 is 0.419 bits per heavy atom. The second-order valence-corrected chi connectivity index (χ2v) is 9.63. The summed E-state index contributed by atoms with van der Waals surface area (Å²) in [7, 11) is -10.7. The molecule has 31 heavy (non-hydrogen) atoms. The quantitative estimate of drug-likeness (QED) is 0.159. The van der Waals surface area contributed by atoms with E-state index in [1.54, 1.807) is 0 Å². The Kier molecular flexibility index (Phi) is 5.96. The van der Waals surface area contributed by atoms with Crippen molar-refractivity contribution in [1.82, 2.24) is 0 Å². The normalized spacial score (nSPS) is 13.4. The van der Waals surface area contributed by atoms with Gasteiger partial charge in [0.1, 0.15) is 0 Å². The van der Waals surface area contributed by atoms with E-state index in [-0.39, 0.29) is 0 Å². The summed E-state index contributed by atoms with van der Waals surface area (Å²) >= 11 is 1.84. The number of hydrogen-bond donors (Lipinski definition) is 0. The first-order valence-corrected chi connectivity index (χ1v) is 11.9. The van der Waals surface area contributed by atoms with Crippen LogP contribution in [0.4, 0.5) is 25.2 Å². The summed E-state index contributed by atoms with van der Waals surface area (Å²) in [5.41, 5.74) is 5.03. The Labute approximate surface area is 179 Å². The zero-order valence-corrected chi connectivity index (χ0v) is 17.6. The van der Waals surface area contributed by atoms with Crippen molar-refractivity contribution >= 4 is 19.1 Å². The zero-order chi connectivity index (χ0) is 22.6. The van der Waals surface area contributed by atoms with Gasteiger partial charge in [-0.3, -0.25) is 0 Å². The van der Waals surface area contributed by atoms with Gasteiger partial charge in [0.2, 0.25) is 21.1 Å². The number of hydrogen-bond acceptors (Lipinski definition) is 0. The van der Waals surface area contributed by atoms with Crippen LogP contribution in [0, 0.1) is 0 Å². The predicted octanol–water partition coefficient (Wildman–Crippen LogP) is 10.4. The molecule has 0 nitrogen and oxygen atoms in total. The smallest absolute Gasteiger partial charge is 0.0622 e. The van der Waals surface area contributed by atoms with E-state index < -0.39 is 7.81 Å². The fourth-order valence-electron chi connectivity index (χ4n) is 2.79. The third-order valence-electron chi connectivity index (χ3n) is 4.02. The Morgan fingerprint density at radius 2 is 0.710 bits per heavy atom. The maximum Gasteiger partial charge on any atom is 0.239 e. The summed E-state index contributed by atoms with van der Waals surface area (Å²) in [6.07, 6.45) is 0. The van der Waals surface area contributed by atoms with Crippen LogP contribution in [0.15, 0.2) is 103 Å². The van der Waals surface area contributed by atoms with Crippen LogP contribution < -0.4 is 0 Å². The minimum absolute atomic E-state index is 1.25. The summed E-state index contributed by atoms with van der Waals surface area (Å²) in [5.74, 6) is 0. The molecular formula is C23H17F6PS. The summed E-state index contributed by atoms with van der Waals surface area (Å²) in [6, 6.07) is 36.4. The fourth-order valence-corrected chi connectivity index (χ4v) is 3.90. The second-order valence-electron chi connectivity index (χ2n) is 6.63. The van der Waals surface area contributed by atoms with Crippen molar-refractivity contribution in [2.24, 2.45) is 0 Å². The number of benzene rings is 3. The van der Waals surface area contributed by atoms with Crippen molar-refractivity contribution in [3.05, 3.63) is 103 Å². The SMILES string of the molecule is F[P-](F)(F)(F)(F)F.c1ccc(-c2cc(-c3ccccc3)[s+]c(-c3ccccc3)c2)cc1. The molecule has 8 heteroatoms. The molecule has 0 N–H and O–H groups in total. The molecule has 0 spiro atoms. The molecule has 0 unspecified atom stereocenters. The van der Waals surface area contributed by atoms with E-state index in [4.69, 9.17) is 0 Å². The number of halogens is 6. The Hall–Kier alpha value is -2.76. The molecule has 0 fully saturated rings. The predicted molar refractivity (Wildman–Crippen MR) is 119 cm³/mol. The van der Waals surface area contributed by atoms with Crippen LogP contribution in [0.5, 0.6) is 0 Å². The maximum atomic E-state index is 9.87. The first-order chi connectivity index (χ1) is 14.3. The van der Waals surface area contributed by atoms with E-state index >= 15 is 0 Å². The van der Waals surface area contributed by atoms with Gasteiger partial charge in [-0.25, -0.2) is 0 Å². The van der Waals surface area contributed by atoms with Gasteiger partial charge < -0.3 is 0 Å². The topological polar surface area (TPSA) is 0 Å². The van der Waals surface area contributed by atoms with Crippen LogP contribution in [0.25, 0.3) is 32.0 Å². The molecule has 0 aliphatic rings. The van der Waals surface area contributed by atoms with E-state index in [1.165, 1.54) is 32.0 Å². The van der Waals surface area contributed by atoms with E-state index in [2.05, 4.69) is 103 Å². The number of rotatable bonds is 3. The fraction of sp³-hybridized carbons (Fsp3) is 0. The molecule has 0 bridgehead atoms. The average Bonchev–Trinajstić information content (AvgIpc) is 2.73. The van der Waals surface area contributed by atoms with E-state index in [9.17, 15) is 25.2 Å². The van der Waals surface area contributed by atoms with Crippen LogP contribution in [0.2, 0.25) is 0 Å². The van der Waals surface area contributed by atoms with Gasteiger partial charge in [0.25, 0.3) is 0 Å². The van der Waals surface area contributed by atoms with Crippen molar-refractivity contribution in [2.45, 2.75) is 0 Å². The molecule has 4 aromatic rings. The molecular weight excluding hydrogens is 453 g/mol. The van der Waals surface area contributed by atoms with Crippen LogP contribution in [0.3, 0.4) is 0 Å². The van der Waals surface area contributed by atoms with Crippen molar-refractivity contribution in [1.29, 1.82) is 0 Å². The maximum absolute atomic E-state index is 10.7. The summed E-state index contributed by atoms with van der Waals surface area (Å²) in [4.78, 5) is 2.58. The van der Waals surface area contributed by atoms with Gasteiger partial charge in [0.15, 0.2) is 0 Å². The van der Waals surface area contributed by atoms with Gasteiger partial charge in [-0.2, -0.15) is 0 Å².